The predicted molar refractivity (Wildman–Crippen MR) is 103 cm³/mol. The van der Waals surface area contributed by atoms with Gasteiger partial charge in [0.05, 0.1) is 13.2 Å². The zero-order valence-electron chi connectivity index (χ0n) is 16.2. The van der Waals surface area contributed by atoms with Gasteiger partial charge < -0.3 is 28.6 Å². The highest BCUT2D eigenvalue weighted by molar-refractivity contribution is 5.89. The lowest BCUT2D eigenvalue weighted by molar-refractivity contribution is -0.167. The van der Waals surface area contributed by atoms with E-state index in [1.165, 1.54) is 0 Å². The molecule has 3 aliphatic rings. The van der Waals surface area contributed by atoms with Crippen molar-refractivity contribution in [3.63, 3.8) is 0 Å². The number of methoxy groups -OCH3 is 1. The zero-order chi connectivity index (χ0) is 19.8. The second-order valence-electron chi connectivity index (χ2n) is 7.40. The van der Waals surface area contributed by atoms with Gasteiger partial charge in [-0.3, -0.25) is 4.79 Å². The van der Waals surface area contributed by atoms with Gasteiger partial charge in [-0.05, 0) is 54.8 Å². The van der Waals surface area contributed by atoms with Gasteiger partial charge in [0.25, 0.3) is 5.91 Å². The van der Waals surface area contributed by atoms with Gasteiger partial charge in [0.1, 0.15) is 17.5 Å². The fraction of sp³-hybridized carbons (Fsp3) is 0.409. The lowest BCUT2D eigenvalue weighted by Crippen LogP contribution is -2.62. The SMILES string of the molecule is COc1ccc(O[C@@H]2C(=O)N(C[C@@H]3CCCO3)[C@@H]2c2ccc3c(c2)OCO3)cc1. The molecule has 0 N–H and O–H groups in total. The van der Waals surface area contributed by atoms with Crippen LogP contribution < -0.4 is 18.9 Å². The van der Waals surface area contributed by atoms with Gasteiger partial charge in [-0.15, -0.1) is 0 Å². The number of hydrogen-bond donors (Lipinski definition) is 0. The Morgan fingerprint density at radius 2 is 1.86 bits per heavy atom. The van der Waals surface area contributed by atoms with Crippen molar-refractivity contribution in [2.75, 3.05) is 27.1 Å². The zero-order valence-corrected chi connectivity index (χ0v) is 16.2. The van der Waals surface area contributed by atoms with E-state index in [1.54, 1.807) is 7.11 Å². The molecule has 0 aliphatic carbocycles. The highest BCUT2D eigenvalue weighted by atomic mass is 16.7. The van der Waals surface area contributed by atoms with Crippen LogP contribution in [0, 0.1) is 0 Å². The molecule has 3 heterocycles. The van der Waals surface area contributed by atoms with E-state index in [1.807, 2.05) is 47.4 Å². The lowest BCUT2D eigenvalue weighted by Gasteiger charge is -2.47. The summed E-state index contributed by atoms with van der Waals surface area (Å²) in [5.74, 6) is 2.76. The molecule has 5 rings (SSSR count). The Labute approximate surface area is 169 Å². The third-order valence-corrected chi connectivity index (χ3v) is 5.63. The normalized spacial score (nSPS) is 25.1. The molecule has 29 heavy (non-hydrogen) atoms. The van der Waals surface area contributed by atoms with Crippen molar-refractivity contribution >= 4 is 5.91 Å². The van der Waals surface area contributed by atoms with E-state index < -0.39 is 6.10 Å². The largest absolute Gasteiger partial charge is 0.497 e. The van der Waals surface area contributed by atoms with Crippen LogP contribution in [-0.4, -0.2) is 50.1 Å². The quantitative estimate of drug-likeness (QED) is 0.699. The number of carbonyl (C=O) groups is 1. The van der Waals surface area contributed by atoms with E-state index in [2.05, 4.69) is 0 Å². The van der Waals surface area contributed by atoms with Crippen molar-refractivity contribution in [3.8, 4) is 23.0 Å². The van der Waals surface area contributed by atoms with Crippen molar-refractivity contribution in [2.45, 2.75) is 31.1 Å². The molecular weight excluding hydrogens is 374 g/mol. The molecule has 7 heteroatoms. The summed E-state index contributed by atoms with van der Waals surface area (Å²) in [4.78, 5) is 14.8. The van der Waals surface area contributed by atoms with Crippen molar-refractivity contribution in [3.05, 3.63) is 48.0 Å². The summed E-state index contributed by atoms with van der Waals surface area (Å²) >= 11 is 0. The van der Waals surface area contributed by atoms with Gasteiger partial charge in [-0.25, -0.2) is 0 Å². The molecule has 7 nitrogen and oxygen atoms in total. The number of ether oxygens (including phenoxy) is 5. The highest BCUT2D eigenvalue weighted by Gasteiger charge is 2.51. The Morgan fingerprint density at radius 3 is 2.62 bits per heavy atom. The van der Waals surface area contributed by atoms with Crippen LogP contribution in [0.3, 0.4) is 0 Å². The second-order valence-corrected chi connectivity index (χ2v) is 7.40. The number of nitrogens with zero attached hydrogens (tertiary/aromatic N) is 1. The Balaban J connectivity index is 1.40. The topological polar surface area (TPSA) is 66.5 Å². The molecule has 0 bridgehead atoms. The first kappa shape index (κ1) is 18.1. The Kier molecular flexibility index (Phi) is 4.67. The molecule has 0 unspecified atom stereocenters. The summed E-state index contributed by atoms with van der Waals surface area (Å²) in [7, 11) is 1.62. The molecule has 2 saturated heterocycles. The summed E-state index contributed by atoms with van der Waals surface area (Å²) < 4.78 is 28.0. The fourth-order valence-electron chi connectivity index (χ4n) is 4.10. The number of rotatable bonds is 6. The predicted octanol–water partition coefficient (Wildman–Crippen LogP) is 2.93. The molecule has 2 aromatic carbocycles. The summed E-state index contributed by atoms with van der Waals surface area (Å²) in [6.45, 7) is 1.54. The van der Waals surface area contributed by atoms with Crippen molar-refractivity contribution in [2.24, 2.45) is 0 Å². The van der Waals surface area contributed by atoms with Crippen LogP contribution >= 0.6 is 0 Å². The minimum atomic E-state index is -0.592. The van der Waals surface area contributed by atoms with Crippen LogP contribution in [0.4, 0.5) is 0 Å². The maximum absolute atomic E-state index is 13.0. The number of hydrogen-bond acceptors (Lipinski definition) is 6. The van der Waals surface area contributed by atoms with E-state index in [0.29, 0.717) is 18.0 Å². The molecule has 0 aromatic heterocycles. The van der Waals surface area contributed by atoms with Crippen LogP contribution in [0.25, 0.3) is 0 Å². The maximum Gasteiger partial charge on any atom is 0.266 e. The van der Waals surface area contributed by atoms with Gasteiger partial charge in [-0.1, -0.05) is 6.07 Å². The molecule has 3 aliphatic heterocycles. The van der Waals surface area contributed by atoms with Crippen molar-refractivity contribution in [1.82, 2.24) is 4.90 Å². The molecule has 0 radical (unpaired) electrons. The van der Waals surface area contributed by atoms with E-state index in [0.717, 1.165) is 36.5 Å². The number of β-lactam (4-membered cyclic amide) rings is 1. The highest BCUT2D eigenvalue weighted by Crippen LogP contribution is 2.42. The van der Waals surface area contributed by atoms with Crippen LogP contribution in [-0.2, 0) is 9.53 Å². The van der Waals surface area contributed by atoms with Gasteiger partial charge in [0.15, 0.2) is 11.5 Å². The molecule has 1 amide bonds. The van der Waals surface area contributed by atoms with E-state index in [4.69, 9.17) is 23.7 Å². The Hall–Kier alpha value is -2.93. The van der Waals surface area contributed by atoms with Gasteiger partial charge in [0, 0.05) is 13.2 Å². The molecule has 0 spiro atoms. The lowest BCUT2D eigenvalue weighted by atomic mass is 9.89. The Bertz CT molecular complexity index is 893. The number of likely N-dealkylation sites (tertiary alicyclic amines) is 1. The Morgan fingerprint density at radius 1 is 1.07 bits per heavy atom. The summed E-state index contributed by atoms with van der Waals surface area (Å²) in [5, 5.41) is 0. The molecule has 3 atom stereocenters. The standard InChI is InChI=1S/C22H23NO6/c1-25-15-5-7-16(8-6-15)29-21-20(14-4-9-18-19(11-14)28-13-27-18)23(22(21)24)12-17-3-2-10-26-17/h4-9,11,17,20-21H,2-3,10,12-13H2,1H3/t17-,20+,21-/m0/s1. The average molecular weight is 397 g/mol. The summed E-state index contributed by atoms with van der Waals surface area (Å²) in [6.07, 6.45) is 1.50. The summed E-state index contributed by atoms with van der Waals surface area (Å²) in [6, 6.07) is 12.8. The van der Waals surface area contributed by atoms with Gasteiger partial charge in [0.2, 0.25) is 12.9 Å². The average Bonchev–Trinajstić information content (AvgIpc) is 3.44. The summed E-state index contributed by atoms with van der Waals surface area (Å²) in [5.41, 5.74) is 0.963. The third-order valence-electron chi connectivity index (χ3n) is 5.63. The first-order valence-electron chi connectivity index (χ1n) is 9.85. The fourth-order valence-corrected chi connectivity index (χ4v) is 4.10. The maximum atomic E-state index is 13.0. The monoisotopic (exact) mass is 397 g/mol. The molecule has 152 valence electrons. The number of amides is 1. The van der Waals surface area contributed by atoms with Crippen molar-refractivity contribution in [1.29, 1.82) is 0 Å². The number of fused-ring (bicyclic) bond motifs is 1. The molecular formula is C22H23NO6. The van der Waals surface area contributed by atoms with Crippen LogP contribution in [0.1, 0.15) is 24.4 Å². The van der Waals surface area contributed by atoms with Crippen LogP contribution in [0.5, 0.6) is 23.0 Å². The molecule has 2 fully saturated rings. The minimum absolute atomic E-state index is 0.0287. The van der Waals surface area contributed by atoms with Gasteiger partial charge >= 0.3 is 0 Å². The third kappa shape index (κ3) is 3.35. The van der Waals surface area contributed by atoms with E-state index >= 15 is 0 Å². The second kappa shape index (κ2) is 7.48. The van der Waals surface area contributed by atoms with Crippen LogP contribution in [0.2, 0.25) is 0 Å². The van der Waals surface area contributed by atoms with Crippen molar-refractivity contribution < 1.29 is 28.5 Å². The van der Waals surface area contributed by atoms with E-state index in [-0.39, 0.29) is 24.8 Å². The first-order valence-corrected chi connectivity index (χ1v) is 9.85. The smallest absolute Gasteiger partial charge is 0.266 e. The number of benzene rings is 2. The molecule has 0 saturated carbocycles. The van der Waals surface area contributed by atoms with Crippen LogP contribution in [0.15, 0.2) is 42.5 Å². The first-order chi connectivity index (χ1) is 14.2. The number of carbonyl (C=O) groups excluding carboxylic acids is 1. The molecule has 2 aromatic rings. The minimum Gasteiger partial charge on any atom is -0.497 e. The van der Waals surface area contributed by atoms with Gasteiger partial charge in [-0.2, -0.15) is 0 Å². The van der Waals surface area contributed by atoms with E-state index in [9.17, 15) is 4.79 Å².